The summed E-state index contributed by atoms with van der Waals surface area (Å²) in [5.74, 6) is -1.97. The summed E-state index contributed by atoms with van der Waals surface area (Å²) in [7, 11) is 0. The van der Waals surface area contributed by atoms with Gasteiger partial charge in [-0.3, -0.25) is 19.3 Å². The van der Waals surface area contributed by atoms with Gasteiger partial charge in [-0.2, -0.15) is 0 Å². The molecule has 0 bridgehead atoms. The standard InChI is InChI=1S/C9H12N2O4/c12-7-3-6(10-5-1-2-5)9(15)11(7)4-8(13)14/h5-6,10H,1-4H2,(H,13,14). The van der Waals surface area contributed by atoms with Crippen molar-refractivity contribution in [1.82, 2.24) is 10.2 Å². The van der Waals surface area contributed by atoms with Crippen LogP contribution in [0, 0.1) is 0 Å². The molecule has 6 nitrogen and oxygen atoms in total. The molecule has 0 aromatic carbocycles. The number of nitrogens with one attached hydrogen (secondary N) is 1. The van der Waals surface area contributed by atoms with Gasteiger partial charge in [-0.25, -0.2) is 0 Å². The van der Waals surface area contributed by atoms with Crippen molar-refractivity contribution in [2.75, 3.05) is 6.54 Å². The number of carboxylic acids is 1. The van der Waals surface area contributed by atoms with Gasteiger partial charge in [-0.1, -0.05) is 0 Å². The Morgan fingerprint density at radius 1 is 1.47 bits per heavy atom. The monoisotopic (exact) mass is 212 g/mol. The van der Waals surface area contributed by atoms with Gasteiger partial charge in [-0.05, 0) is 12.8 Å². The predicted molar refractivity (Wildman–Crippen MR) is 48.9 cm³/mol. The van der Waals surface area contributed by atoms with Crippen molar-refractivity contribution in [1.29, 1.82) is 0 Å². The lowest BCUT2D eigenvalue weighted by Gasteiger charge is -2.12. The van der Waals surface area contributed by atoms with E-state index in [1.807, 2.05) is 0 Å². The summed E-state index contributed by atoms with van der Waals surface area (Å²) in [4.78, 5) is 34.2. The Morgan fingerprint density at radius 2 is 2.13 bits per heavy atom. The summed E-state index contributed by atoms with van der Waals surface area (Å²) < 4.78 is 0. The van der Waals surface area contributed by atoms with E-state index < -0.39 is 30.4 Å². The molecule has 6 heteroatoms. The zero-order chi connectivity index (χ0) is 11.0. The van der Waals surface area contributed by atoms with Crippen molar-refractivity contribution < 1.29 is 19.5 Å². The Kier molecular flexibility index (Phi) is 2.44. The zero-order valence-corrected chi connectivity index (χ0v) is 8.10. The Balaban J connectivity index is 1.98. The van der Waals surface area contributed by atoms with Crippen molar-refractivity contribution in [3.8, 4) is 0 Å². The minimum atomic E-state index is -1.16. The number of rotatable bonds is 4. The van der Waals surface area contributed by atoms with Crippen LogP contribution < -0.4 is 5.32 Å². The second-order valence-corrected chi connectivity index (χ2v) is 3.91. The van der Waals surface area contributed by atoms with Gasteiger partial charge < -0.3 is 10.4 Å². The van der Waals surface area contributed by atoms with Crippen LogP contribution in [-0.4, -0.2) is 46.4 Å². The number of carbonyl (C=O) groups excluding carboxylic acids is 2. The number of hydrogen-bond acceptors (Lipinski definition) is 4. The number of hydrogen-bond donors (Lipinski definition) is 2. The number of amides is 2. The van der Waals surface area contributed by atoms with E-state index in [-0.39, 0.29) is 6.42 Å². The molecule has 1 unspecified atom stereocenters. The third kappa shape index (κ3) is 2.15. The highest BCUT2D eigenvalue weighted by Crippen LogP contribution is 2.22. The molecule has 1 heterocycles. The largest absolute Gasteiger partial charge is 0.480 e. The fraction of sp³-hybridized carbons (Fsp3) is 0.667. The summed E-state index contributed by atoms with van der Waals surface area (Å²) in [5, 5.41) is 11.6. The van der Waals surface area contributed by atoms with E-state index in [1.165, 1.54) is 0 Å². The van der Waals surface area contributed by atoms with Crippen LogP contribution in [0.3, 0.4) is 0 Å². The molecule has 2 rings (SSSR count). The third-order valence-corrected chi connectivity index (χ3v) is 2.55. The van der Waals surface area contributed by atoms with E-state index >= 15 is 0 Å². The fourth-order valence-electron chi connectivity index (χ4n) is 1.65. The lowest BCUT2D eigenvalue weighted by molar-refractivity contribution is -0.148. The van der Waals surface area contributed by atoms with Crippen molar-refractivity contribution in [2.24, 2.45) is 0 Å². The minimum Gasteiger partial charge on any atom is -0.480 e. The number of imide groups is 1. The fourth-order valence-corrected chi connectivity index (χ4v) is 1.65. The van der Waals surface area contributed by atoms with Crippen LogP contribution in [0.4, 0.5) is 0 Å². The van der Waals surface area contributed by atoms with Crippen LogP contribution in [0.5, 0.6) is 0 Å². The summed E-state index contributed by atoms with van der Waals surface area (Å²) >= 11 is 0. The predicted octanol–water partition coefficient (Wildman–Crippen LogP) is -1.05. The molecule has 1 aliphatic heterocycles. The molecule has 2 N–H and O–H groups in total. The Morgan fingerprint density at radius 3 is 2.67 bits per heavy atom. The lowest BCUT2D eigenvalue weighted by Crippen LogP contribution is -2.41. The van der Waals surface area contributed by atoms with E-state index in [0.717, 1.165) is 17.7 Å². The first-order chi connectivity index (χ1) is 7.08. The number of carboxylic acid groups (broad SMARTS) is 1. The Hall–Kier alpha value is -1.43. The molecular formula is C9H12N2O4. The van der Waals surface area contributed by atoms with Crippen LogP contribution in [-0.2, 0) is 14.4 Å². The molecule has 0 aromatic rings. The maximum absolute atomic E-state index is 11.6. The highest BCUT2D eigenvalue weighted by Gasteiger charge is 2.41. The highest BCUT2D eigenvalue weighted by molar-refractivity contribution is 6.07. The van der Waals surface area contributed by atoms with Gasteiger partial charge in [-0.15, -0.1) is 0 Å². The van der Waals surface area contributed by atoms with E-state index in [4.69, 9.17) is 5.11 Å². The molecule has 1 saturated carbocycles. The Bertz CT molecular complexity index is 324. The van der Waals surface area contributed by atoms with Crippen molar-refractivity contribution in [3.63, 3.8) is 0 Å². The lowest BCUT2D eigenvalue weighted by atomic mass is 10.2. The number of aliphatic carboxylic acids is 1. The van der Waals surface area contributed by atoms with Crippen molar-refractivity contribution in [3.05, 3.63) is 0 Å². The topological polar surface area (TPSA) is 86.7 Å². The SMILES string of the molecule is O=C(O)CN1C(=O)CC(NC2CC2)C1=O. The van der Waals surface area contributed by atoms with Gasteiger partial charge >= 0.3 is 5.97 Å². The first kappa shape index (κ1) is 10.1. The molecule has 0 radical (unpaired) electrons. The van der Waals surface area contributed by atoms with Crippen molar-refractivity contribution >= 4 is 17.8 Å². The highest BCUT2D eigenvalue weighted by atomic mass is 16.4. The molecule has 2 amide bonds. The van der Waals surface area contributed by atoms with E-state index in [9.17, 15) is 14.4 Å². The number of carbonyl (C=O) groups is 3. The van der Waals surface area contributed by atoms with E-state index in [0.29, 0.717) is 6.04 Å². The summed E-state index contributed by atoms with van der Waals surface area (Å²) in [6.45, 7) is -0.527. The van der Waals surface area contributed by atoms with Gasteiger partial charge in [0.1, 0.15) is 6.54 Å². The van der Waals surface area contributed by atoms with Gasteiger partial charge in [0.15, 0.2) is 0 Å². The molecular weight excluding hydrogens is 200 g/mol. The zero-order valence-electron chi connectivity index (χ0n) is 8.10. The average Bonchev–Trinajstić information content (AvgIpc) is 2.91. The second-order valence-electron chi connectivity index (χ2n) is 3.91. The van der Waals surface area contributed by atoms with Crippen LogP contribution in [0.15, 0.2) is 0 Å². The van der Waals surface area contributed by atoms with Gasteiger partial charge in [0, 0.05) is 6.04 Å². The maximum atomic E-state index is 11.6. The van der Waals surface area contributed by atoms with Crippen LogP contribution in [0.1, 0.15) is 19.3 Å². The molecule has 15 heavy (non-hydrogen) atoms. The third-order valence-electron chi connectivity index (χ3n) is 2.55. The number of nitrogens with zero attached hydrogens (tertiary/aromatic N) is 1. The molecule has 1 saturated heterocycles. The first-order valence-corrected chi connectivity index (χ1v) is 4.90. The molecule has 0 spiro atoms. The molecule has 2 aliphatic rings. The molecule has 0 aromatic heterocycles. The normalized spacial score (nSPS) is 26.1. The van der Waals surface area contributed by atoms with Gasteiger partial charge in [0.2, 0.25) is 11.8 Å². The summed E-state index contributed by atoms with van der Waals surface area (Å²) in [6, 6.07) is -0.180. The maximum Gasteiger partial charge on any atom is 0.323 e. The van der Waals surface area contributed by atoms with E-state index in [2.05, 4.69) is 5.32 Å². The Labute approximate surface area is 86.2 Å². The first-order valence-electron chi connectivity index (χ1n) is 4.90. The molecule has 1 atom stereocenters. The average molecular weight is 212 g/mol. The minimum absolute atomic E-state index is 0.0859. The summed E-state index contributed by atoms with van der Waals surface area (Å²) in [6.07, 6.45) is 2.14. The van der Waals surface area contributed by atoms with Crippen LogP contribution in [0.2, 0.25) is 0 Å². The van der Waals surface area contributed by atoms with Crippen LogP contribution in [0.25, 0.3) is 0 Å². The van der Waals surface area contributed by atoms with Crippen molar-refractivity contribution in [2.45, 2.75) is 31.3 Å². The number of likely N-dealkylation sites (tertiary alicyclic amines) is 1. The molecule has 1 aliphatic carbocycles. The molecule has 82 valence electrons. The van der Waals surface area contributed by atoms with Crippen LogP contribution >= 0.6 is 0 Å². The smallest absolute Gasteiger partial charge is 0.323 e. The quantitative estimate of drug-likeness (QED) is 0.581. The van der Waals surface area contributed by atoms with Gasteiger partial charge in [0.05, 0.1) is 12.5 Å². The second kappa shape index (κ2) is 3.62. The van der Waals surface area contributed by atoms with E-state index in [1.54, 1.807) is 0 Å². The summed E-state index contributed by atoms with van der Waals surface area (Å²) in [5.41, 5.74) is 0. The van der Waals surface area contributed by atoms with Gasteiger partial charge in [0.25, 0.3) is 0 Å². The molecule has 2 fully saturated rings.